The maximum Gasteiger partial charge on any atom is 0.367 e. The summed E-state index contributed by atoms with van der Waals surface area (Å²) in [5.74, 6) is -0.678. The summed E-state index contributed by atoms with van der Waals surface area (Å²) in [6.45, 7) is 1.44. The lowest BCUT2D eigenvalue weighted by Gasteiger charge is -2.05. The van der Waals surface area contributed by atoms with Gasteiger partial charge in [0, 0.05) is 19.0 Å². The van der Waals surface area contributed by atoms with Gasteiger partial charge in [-0.15, -0.1) is 0 Å². The van der Waals surface area contributed by atoms with Gasteiger partial charge in [-0.05, 0) is 29.8 Å². The third kappa shape index (κ3) is 5.10. The van der Waals surface area contributed by atoms with E-state index in [1.807, 2.05) is 0 Å². The first-order valence-corrected chi connectivity index (χ1v) is 7.48. The predicted molar refractivity (Wildman–Crippen MR) is 92.9 cm³/mol. The molecule has 2 aromatic carbocycles. The average molecular weight is 346 g/mol. The number of carbonyl (C=O) groups is 2. The van der Waals surface area contributed by atoms with Gasteiger partial charge in [-0.1, -0.05) is 41.0 Å². The first-order chi connectivity index (χ1) is 11.5. The molecule has 0 saturated carbocycles. The van der Waals surface area contributed by atoms with Crippen LogP contribution in [0.4, 0.5) is 5.69 Å². The number of rotatable bonds is 5. The Kier molecular flexibility index (Phi) is 5.92. The zero-order valence-electron chi connectivity index (χ0n) is 13.0. The number of hydrogen-bond acceptors (Lipinski definition) is 4. The lowest BCUT2D eigenvalue weighted by atomic mass is 10.1. The van der Waals surface area contributed by atoms with E-state index in [4.69, 9.17) is 22.2 Å². The van der Waals surface area contributed by atoms with Gasteiger partial charge >= 0.3 is 5.97 Å². The lowest BCUT2D eigenvalue weighted by molar-refractivity contribution is -0.114. The zero-order valence-corrected chi connectivity index (χ0v) is 13.7. The highest BCUT2D eigenvalue weighted by molar-refractivity contribution is 6.33. The number of anilines is 1. The van der Waals surface area contributed by atoms with Crippen molar-refractivity contribution in [2.45, 2.75) is 13.3 Å². The van der Waals surface area contributed by atoms with Gasteiger partial charge in [-0.2, -0.15) is 0 Å². The fourth-order valence-electron chi connectivity index (χ4n) is 1.93. The topological polar surface area (TPSA) is 93.8 Å². The lowest BCUT2D eigenvalue weighted by Crippen LogP contribution is -2.17. The Hall–Kier alpha value is -2.86. The standard InChI is InChI=1S/C17H16ClN3O3/c1-11(22)20-13-8-6-12(7-9-13)10-16(19)21-24-17(23)14-4-2-3-5-15(14)18/h2-9H,10H2,1H3,(H2,19,21)(H,20,22). The molecule has 0 aliphatic rings. The Morgan fingerprint density at radius 2 is 1.83 bits per heavy atom. The van der Waals surface area contributed by atoms with Gasteiger partial charge in [0.1, 0.15) is 5.84 Å². The molecule has 0 atom stereocenters. The summed E-state index contributed by atoms with van der Waals surface area (Å²) in [5.41, 5.74) is 7.52. The molecule has 2 aromatic rings. The molecule has 0 aromatic heterocycles. The number of amidine groups is 1. The molecule has 0 heterocycles. The van der Waals surface area contributed by atoms with Crippen molar-refractivity contribution in [1.82, 2.24) is 0 Å². The summed E-state index contributed by atoms with van der Waals surface area (Å²) < 4.78 is 0. The molecule has 0 aliphatic carbocycles. The first kappa shape index (κ1) is 17.5. The Morgan fingerprint density at radius 3 is 2.46 bits per heavy atom. The second kappa shape index (κ2) is 8.12. The van der Waals surface area contributed by atoms with E-state index in [9.17, 15) is 9.59 Å². The second-order valence-corrected chi connectivity index (χ2v) is 5.40. The van der Waals surface area contributed by atoms with Gasteiger partial charge < -0.3 is 15.9 Å². The number of hydrogen-bond donors (Lipinski definition) is 2. The molecular weight excluding hydrogens is 330 g/mol. The summed E-state index contributed by atoms with van der Waals surface area (Å²) in [5, 5.41) is 6.57. The van der Waals surface area contributed by atoms with Gasteiger partial charge in [-0.3, -0.25) is 4.79 Å². The van der Waals surface area contributed by atoms with Crippen molar-refractivity contribution in [3.63, 3.8) is 0 Å². The molecule has 124 valence electrons. The van der Waals surface area contributed by atoms with Crippen molar-refractivity contribution in [3.8, 4) is 0 Å². The van der Waals surface area contributed by atoms with Gasteiger partial charge in [0.2, 0.25) is 5.91 Å². The number of nitrogens with zero attached hydrogens (tertiary/aromatic N) is 1. The van der Waals surface area contributed by atoms with Gasteiger partial charge in [0.15, 0.2) is 0 Å². The van der Waals surface area contributed by atoms with Crippen molar-refractivity contribution < 1.29 is 14.4 Å². The monoisotopic (exact) mass is 345 g/mol. The van der Waals surface area contributed by atoms with Crippen LogP contribution in [0.15, 0.2) is 53.7 Å². The van der Waals surface area contributed by atoms with Crippen LogP contribution in [0.5, 0.6) is 0 Å². The quantitative estimate of drug-likeness (QED) is 0.377. The fourth-order valence-corrected chi connectivity index (χ4v) is 2.14. The van der Waals surface area contributed by atoms with Crippen LogP contribution in [0.2, 0.25) is 5.02 Å². The first-order valence-electron chi connectivity index (χ1n) is 7.10. The third-order valence-corrected chi connectivity index (χ3v) is 3.33. The number of benzene rings is 2. The van der Waals surface area contributed by atoms with Gasteiger partial charge in [0.05, 0.1) is 10.6 Å². The average Bonchev–Trinajstić information content (AvgIpc) is 2.54. The normalized spacial score (nSPS) is 11.0. The molecule has 3 N–H and O–H groups in total. The van der Waals surface area contributed by atoms with Crippen LogP contribution in [0.1, 0.15) is 22.8 Å². The van der Waals surface area contributed by atoms with Gasteiger partial charge in [-0.25, -0.2) is 4.79 Å². The van der Waals surface area contributed by atoms with Crippen LogP contribution >= 0.6 is 11.6 Å². The van der Waals surface area contributed by atoms with Gasteiger partial charge in [0.25, 0.3) is 0 Å². The molecule has 0 aliphatic heterocycles. The largest absolute Gasteiger partial charge is 0.384 e. The predicted octanol–water partition coefficient (Wildman–Crippen LogP) is 2.97. The van der Waals surface area contributed by atoms with E-state index in [0.717, 1.165) is 5.56 Å². The SMILES string of the molecule is CC(=O)Nc1ccc(C/C(N)=N\OC(=O)c2ccccc2Cl)cc1. The molecule has 2 rings (SSSR count). The molecule has 0 saturated heterocycles. The van der Waals surface area contributed by atoms with E-state index in [2.05, 4.69) is 10.5 Å². The smallest absolute Gasteiger partial charge is 0.367 e. The highest BCUT2D eigenvalue weighted by Gasteiger charge is 2.11. The Bertz CT molecular complexity index is 773. The van der Waals surface area contributed by atoms with Crippen molar-refractivity contribution in [1.29, 1.82) is 0 Å². The summed E-state index contributed by atoms with van der Waals surface area (Å²) in [6, 6.07) is 13.6. The van der Waals surface area contributed by atoms with Crippen LogP contribution in [-0.2, 0) is 16.1 Å². The summed E-state index contributed by atoms with van der Waals surface area (Å²) >= 11 is 5.90. The molecule has 7 heteroatoms. The Morgan fingerprint density at radius 1 is 1.17 bits per heavy atom. The minimum absolute atomic E-state index is 0.141. The van der Waals surface area contributed by atoms with Crippen molar-refractivity contribution >= 4 is 35.0 Å². The molecule has 0 spiro atoms. The fraction of sp³-hybridized carbons (Fsp3) is 0.118. The molecule has 24 heavy (non-hydrogen) atoms. The number of halogens is 1. The van der Waals surface area contributed by atoms with Crippen molar-refractivity contribution in [3.05, 3.63) is 64.7 Å². The summed E-state index contributed by atoms with van der Waals surface area (Å²) in [7, 11) is 0. The van der Waals surface area contributed by atoms with Crippen LogP contribution in [-0.4, -0.2) is 17.7 Å². The number of oxime groups is 1. The summed E-state index contributed by atoms with van der Waals surface area (Å²) in [6.07, 6.45) is 0.302. The van der Waals surface area contributed by atoms with Crippen LogP contribution in [0, 0.1) is 0 Å². The van der Waals surface area contributed by atoms with Crippen LogP contribution in [0.25, 0.3) is 0 Å². The number of nitrogens with two attached hydrogens (primary N) is 1. The van der Waals surface area contributed by atoms with E-state index < -0.39 is 5.97 Å². The van der Waals surface area contributed by atoms with Crippen molar-refractivity contribution in [2.24, 2.45) is 10.9 Å². The molecular formula is C17H16ClN3O3. The minimum atomic E-state index is -0.676. The molecule has 0 unspecified atom stereocenters. The van der Waals surface area contributed by atoms with Crippen LogP contribution < -0.4 is 11.1 Å². The zero-order chi connectivity index (χ0) is 17.5. The van der Waals surface area contributed by atoms with E-state index in [1.165, 1.54) is 13.0 Å². The van der Waals surface area contributed by atoms with E-state index in [0.29, 0.717) is 12.1 Å². The maximum atomic E-state index is 11.9. The van der Waals surface area contributed by atoms with Crippen molar-refractivity contribution in [2.75, 3.05) is 5.32 Å². The minimum Gasteiger partial charge on any atom is -0.384 e. The Labute approximate surface area is 144 Å². The summed E-state index contributed by atoms with van der Waals surface area (Å²) in [4.78, 5) is 27.6. The van der Waals surface area contributed by atoms with Crippen LogP contribution in [0.3, 0.4) is 0 Å². The molecule has 0 bridgehead atoms. The highest BCUT2D eigenvalue weighted by atomic mass is 35.5. The third-order valence-electron chi connectivity index (χ3n) is 3.00. The molecule has 0 fully saturated rings. The Balaban J connectivity index is 1.95. The second-order valence-electron chi connectivity index (χ2n) is 5.00. The number of amides is 1. The molecule has 6 nitrogen and oxygen atoms in total. The molecule has 0 radical (unpaired) electrons. The number of nitrogens with one attached hydrogen (secondary N) is 1. The van der Waals surface area contributed by atoms with E-state index in [1.54, 1.807) is 42.5 Å². The highest BCUT2D eigenvalue weighted by Crippen LogP contribution is 2.16. The molecule has 1 amide bonds. The van der Waals surface area contributed by atoms with E-state index in [-0.39, 0.29) is 22.3 Å². The maximum absolute atomic E-state index is 11.9. The van der Waals surface area contributed by atoms with E-state index >= 15 is 0 Å². The number of carbonyl (C=O) groups excluding carboxylic acids is 2.